The van der Waals surface area contributed by atoms with E-state index >= 15 is 0 Å². The third kappa shape index (κ3) is 6.87. The molecule has 0 aliphatic heterocycles. The molecule has 39 heavy (non-hydrogen) atoms. The van der Waals surface area contributed by atoms with Crippen LogP contribution in [0.25, 0.3) is 22.5 Å². The highest BCUT2D eigenvalue weighted by Crippen LogP contribution is 2.31. The molecule has 196 valence electrons. The van der Waals surface area contributed by atoms with Gasteiger partial charge in [-0.1, -0.05) is 90.6 Å². The van der Waals surface area contributed by atoms with Crippen LogP contribution in [0.3, 0.4) is 0 Å². The van der Waals surface area contributed by atoms with Crippen molar-refractivity contribution in [1.82, 2.24) is 20.2 Å². The van der Waals surface area contributed by atoms with Crippen molar-refractivity contribution in [2.24, 2.45) is 0 Å². The van der Waals surface area contributed by atoms with Gasteiger partial charge in [0.2, 0.25) is 11.1 Å². The Kier molecular flexibility index (Phi) is 7.99. The normalized spacial score (nSPS) is 11.4. The number of thiazole rings is 1. The molecule has 0 bridgehead atoms. The Labute approximate surface area is 230 Å². The molecule has 2 heterocycles. The van der Waals surface area contributed by atoms with Crippen molar-refractivity contribution >= 4 is 34.1 Å². The number of carbonyl (C=O) groups excluding carboxylic acids is 1. The zero-order valence-electron chi connectivity index (χ0n) is 20.2. The minimum atomic E-state index is -4.40. The maximum atomic E-state index is 13.0. The lowest BCUT2D eigenvalue weighted by atomic mass is 10.0. The summed E-state index contributed by atoms with van der Waals surface area (Å²) in [7, 11) is 0. The molecule has 0 fully saturated rings. The van der Waals surface area contributed by atoms with Crippen molar-refractivity contribution in [1.29, 1.82) is 0 Å². The van der Waals surface area contributed by atoms with Gasteiger partial charge in [-0.05, 0) is 11.6 Å². The highest BCUT2D eigenvalue weighted by atomic mass is 32.2. The SMILES string of the molecule is O=C(CSc1nnc(-c2ccccc2)c(-c2ccccc2)n1)Nc1ncc(Cc2cccc(C(F)(F)F)c2)s1. The van der Waals surface area contributed by atoms with Crippen molar-refractivity contribution in [2.45, 2.75) is 17.8 Å². The van der Waals surface area contributed by atoms with Gasteiger partial charge in [0.15, 0.2) is 5.13 Å². The lowest BCUT2D eigenvalue weighted by Crippen LogP contribution is -2.14. The first-order valence-electron chi connectivity index (χ1n) is 11.7. The highest BCUT2D eigenvalue weighted by molar-refractivity contribution is 7.99. The van der Waals surface area contributed by atoms with E-state index < -0.39 is 11.7 Å². The summed E-state index contributed by atoms with van der Waals surface area (Å²) in [5, 5.41) is 12.1. The number of halogens is 3. The number of amides is 1. The van der Waals surface area contributed by atoms with Crippen molar-refractivity contribution in [3.63, 3.8) is 0 Å². The first-order valence-corrected chi connectivity index (χ1v) is 13.5. The molecule has 0 saturated heterocycles. The van der Waals surface area contributed by atoms with Gasteiger partial charge in [-0.3, -0.25) is 4.79 Å². The van der Waals surface area contributed by atoms with E-state index in [1.54, 1.807) is 12.3 Å². The highest BCUT2D eigenvalue weighted by Gasteiger charge is 2.30. The zero-order chi connectivity index (χ0) is 27.2. The Balaban J connectivity index is 1.24. The van der Waals surface area contributed by atoms with Gasteiger partial charge in [0.1, 0.15) is 11.4 Å². The van der Waals surface area contributed by atoms with Gasteiger partial charge >= 0.3 is 6.18 Å². The minimum Gasteiger partial charge on any atom is -0.301 e. The van der Waals surface area contributed by atoms with Crippen LogP contribution < -0.4 is 5.32 Å². The van der Waals surface area contributed by atoms with Crippen LogP contribution in [0.5, 0.6) is 0 Å². The monoisotopic (exact) mass is 563 g/mol. The van der Waals surface area contributed by atoms with Crippen LogP contribution in [0.4, 0.5) is 18.3 Å². The van der Waals surface area contributed by atoms with Crippen LogP contribution in [-0.4, -0.2) is 31.8 Å². The number of alkyl halides is 3. The Morgan fingerprint density at radius 1 is 0.872 bits per heavy atom. The summed E-state index contributed by atoms with van der Waals surface area (Å²) < 4.78 is 39.0. The number of thioether (sulfide) groups is 1. The molecule has 1 amide bonds. The summed E-state index contributed by atoms with van der Waals surface area (Å²) in [5.74, 6) is -0.277. The number of anilines is 1. The smallest absolute Gasteiger partial charge is 0.301 e. The Hall–Kier alpha value is -4.09. The van der Waals surface area contributed by atoms with E-state index in [1.807, 2.05) is 60.7 Å². The Morgan fingerprint density at radius 2 is 1.56 bits per heavy atom. The van der Waals surface area contributed by atoms with Crippen LogP contribution in [-0.2, 0) is 17.4 Å². The fourth-order valence-electron chi connectivity index (χ4n) is 3.75. The molecule has 6 nitrogen and oxygen atoms in total. The molecule has 0 unspecified atom stereocenters. The maximum Gasteiger partial charge on any atom is 0.416 e. The van der Waals surface area contributed by atoms with Crippen LogP contribution in [0.15, 0.2) is 96.3 Å². The number of rotatable bonds is 8. The average molecular weight is 564 g/mol. The molecule has 3 aromatic carbocycles. The van der Waals surface area contributed by atoms with Gasteiger partial charge in [-0.25, -0.2) is 9.97 Å². The second-order valence-electron chi connectivity index (χ2n) is 8.37. The van der Waals surface area contributed by atoms with Gasteiger partial charge in [0, 0.05) is 28.6 Å². The van der Waals surface area contributed by atoms with E-state index in [0.717, 1.165) is 39.9 Å². The van der Waals surface area contributed by atoms with E-state index in [-0.39, 0.29) is 18.1 Å². The summed E-state index contributed by atoms with van der Waals surface area (Å²) in [5.41, 5.74) is 2.90. The van der Waals surface area contributed by atoms with Crippen molar-refractivity contribution < 1.29 is 18.0 Å². The Morgan fingerprint density at radius 3 is 2.26 bits per heavy atom. The van der Waals surface area contributed by atoms with Gasteiger partial charge in [-0.15, -0.1) is 21.5 Å². The van der Waals surface area contributed by atoms with Gasteiger partial charge in [0.05, 0.1) is 11.3 Å². The molecule has 5 aromatic rings. The number of benzene rings is 3. The second kappa shape index (κ2) is 11.7. The van der Waals surface area contributed by atoms with E-state index in [9.17, 15) is 18.0 Å². The predicted molar refractivity (Wildman–Crippen MR) is 146 cm³/mol. The fourth-order valence-corrected chi connectivity index (χ4v) is 5.20. The second-order valence-corrected chi connectivity index (χ2v) is 10.4. The van der Waals surface area contributed by atoms with Crippen LogP contribution >= 0.6 is 23.1 Å². The van der Waals surface area contributed by atoms with E-state index in [2.05, 4.69) is 25.5 Å². The third-order valence-electron chi connectivity index (χ3n) is 5.53. The molecule has 1 N–H and O–H groups in total. The predicted octanol–water partition coefficient (Wildman–Crippen LogP) is 7.00. The van der Waals surface area contributed by atoms with Crippen molar-refractivity contribution in [3.8, 4) is 22.5 Å². The van der Waals surface area contributed by atoms with Crippen LogP contribution in [0.1, 0.15) is 16.0 Å². The molecule has 0 atom stereocenters. The summed E-state index contributed by atoms with van der Waals surface area (Å²) in [6.07, 6.45) is -2.57. The van der Waals surface area contributed by atoms with E-state index in [1.165, 1.54) is 17.4 Å². The summed E-state index contributed by atoms with van der Waals surface area (Å²) in [6, 6.07) is 24.4. The molecule has 0 aliphatic rings. The van der Waals surface area contributed by atoms with Gasteiger partial charge < -0.3 is 5.32 Å². The van der Waals surface area contributed by atoms with Crippen LogP contribution in [0.2, 0.25) is 0 Å². The molecule has 0 aliphatic carbocycles. The zero-order valence-corrected chi connectivity index (χ0v) is 21.9. The number of hydrogen-bond acceptors (Lipinski definition) is 7. The standard InChI is InChI=1S/C28H20F3N5OS2/c29-28(30,31)21-13-7-8-18(14-21)15-22-16-32-26(39-22)33-23(37)17-38-27-34-24(19-9-3-1-4-10-19)25(35-36-27)20-11-5-2-6-12-20/h1-14,16H,15,17H2,(H,32,33,37). The molecule has 11 heteroatoms. The van der Waals surface area contributed by atoms with E-state index in [0.29, 0.717) is 27.2 Å². The van der Waals surface area contributed by atoms with Crippen molar-refractivity contribution in [2.75, 3.05) is 11.1 Å². The number of carbonyl (C=O) groups is 1. The largest absolute Gasteiger partial charge is 0.416 e. The lowest BCUT2D eigenvalue weighted by molar-refractivity contribution is -0.137. The lowest BCUT2D eigenvalue weighted by Gasteiger charge is -2.09. The first-order chi connectivity index (χ1) is 18.8. The number of nitrogens with zero attached hydrogens (tertiary/aromatic N) is 4. The summed E-state index contributed by atoms with van der Waals surface area (Å²) >= 11 is 2.36. The Bertz CT molecular complexity index is 1580. The van der Waals surface area contributed by atoms with Gasteiger partial charge in [0.25, 0.3) is 0 Å². The summed E-state index contributed by atoms with van der Waals surface area (Å²) in [4.78, 5) is 22.2. The molecule has 0 spiro atoms. The van der Waals surface area contributed by atoms with Gasteiger partial charge in [-0.2, -0.15) is 13.2 Å². The topological polar surface area (TPSA) is 80.7 Å². The minimum absolute atomic E-state index is 0.0309. The molecule has 0 saturated carbocycles. The number of hydrogen-bond donors (Lipinski definition) is 1. The molecule has 2 aromatic heterocycles. The first kappa shape index (κ1) is 26.5. The van der Waals surface area contributed by atoms with Crippen molar-refractivity contribution in [3.05, 3.63) is 107 Å². The molecule has 5 rings (SSSR count). The molecule has 0 radical (unpaired) electrons. The van der Waals surface area contributed by atoms with Crippen LogP contribution in [0, 0.1) is 0 Å². The maximum absolute atomic E-state index is 13.0. The number of aromatic nitrogens is 4. The average Bonchev–Trinajstić information content (AvgIpc) is 3.38. The third-order valence-corrected chi connectivity index (χ3v) is 7.28. The number of nitrogens with one attached hydrogen (secondary N) is 1. The molecular formula is C28H20F3N5OS2. The molecular weight excluding hydrogens is 543 g/mol. The summed E-state index contributed by atoms with van der Waals surface area (Å²) in [6.45, 7) is 0. The quantitative estimate of drug-likeness (QED) is 0.205. The fraction of sp³-hybridized carbons (Fsp3) is 0.107. The van der Waals surface area contributed by atoms with E-state index in [4.69, 9.17) is 0 Å².